The maximum atomic E-state index is 11.8. The van der Waals surface area contributed by atoms with Crippen molar-refractivity contribution < 1.29 is 24.2 Å². The molecule has 23 heavy (non-hydrogen) atoms. The number of hydrogen-bond acceptors (Lipinski definition) is 4. The fourth-order valence-electron chi connectivity index (χ4n) is 1.64. The van der Waals surface area contributed by atoms with Crippen LogP contribution in [-0.4, -0.2) is 56.6 Å². The quantitative estimate of drug-likeness (QED) is 0.417. The number of ether oxygens (including phenoxy) is 2. The van der Waals surface area contributed by atoms with Crippen LogP contribution in [0.1, 0.15) is 15.9 Å². The number of carbonyl (C=O) groups excluding carboxylic acids is 1. The van der Waals surface area contributed by atoms with E-state index >= 15 is 0 Å². The Kier molecular flexibility index (Phi) is 9.78. The number of nitrogens with one attached hydrogen (secondary N) is 2. The first-order valence-electron chi connectivity index (χ1n) is 7.19. The Morgan fingerprint density at radius 1 is 0.957 bits per heavy atom. The van der Waals surface area contributed by atoms with E-state index in [-0.39, 0.29) is 12.5 Å². The van der Waals surface area contributed by atoms with Crippen LogP contribution in [0.15, 0.2) is 24.3 Å². The molecule has 1 aromatic rings. The van der Waals surface area contributed by atoms with Gasteiger partial charge in [0, 0.05) is 24.5 Å². The monoisotopic (exact) mass is 344 g/mol. The summed E-state index contributed by atoms with van der Waals surface area (Å²) in [6.45, 7) is 2.07. The molecule has 0 bridgehead atoms. The van der Waals surface area contributed by atoms with Crippen molar-refractivity contribution in [3.8, 4) is 0 Å². The highest BCUT2D eigenvalue weighted by Gasteiger charge is 2.04. The van der Waals surface area contributed by atoms with Crippen LogP contribution in [0.3, 0.4) is 0 Å². The number of amides is 2. The third kappa shape index (κ3) is 9.02. The lowest BCUT2D eigenvalue weighted by Crippen LogP contribution is -2.28. The maximum Gasteiger partial charge on any atom is 0.404 e. The molecule has 1 aromatic carbocycles. The molecule has 0 aliphatic heterocycles. The van der Waals surface area contributed by atoms with Gasteiger partial charge in [0.15, 0.2) is 0 Å². The van der Waals surface area contributed by atoms with Gasteiger partial charge >= 0.3 is 6.09 Å². The van der Waals surface area contributed by atoms with E-state index in [4.69, 9.17) is 26.2 Å². The van der Waals surface area contributed by atoms with E-state index in [0.29, 0.717) is 44.4 Å². The van der Waals surface area contributed by atoms with Crippen molar-refractivity contribution >= 4 is 23.6 Å². The smallest absolute Gasteiger partial charge is 0.404 e. The van der Waals surface area contributed by atoms with E-state index in [2.05, 4.69) is 10.6 Å². The molecule has 0 atom stereocenters. The van der Waals surface area contributed by atoms with Gasteiger partial charge in [0.25, 0.3) is 5.91 Å². The minimum absolute atomic E-state index is 0.161. The summed E-state index contributed by atoms with van der Waals surface area (Å²) in [5.41, 5.74) is 1.54. The van der Waals surface area contributed by atoms with Gasteiger partial charge in [-0.2, -0.15) is 0 Å². The van der Waals surface area contributed by atoms with Gasteiger partial charge in [0.2, 0.25) is 0 Å². The molecule has 0 heterocycles. The van der Waals surface area contributed by atoms with E-state index in [0.717, 1.165) is 5.56 Å². The van der Waals surface area contributed by atoms with E-state index in [1.807, 2.05) is 12.1 Å². The second-order valence-electron chi connectivity index (χ2n) is 4.54. The van der Waals surface area contributed by atoms with Crippen molar-refractivity contribution in [1.29, 1.82) is 0 Å². The minimum atomic E-state index is -1.07. The molecule has 128 valence electrons. The van der Waals surface area contributed by atoms with Crippen molar-refractivity contribution in [3.63, 3.8) is 0 Å². The summed E-state index contributed by atoms with van der Waals surface area (Å²) >= 11 is 5.69. The second kappa shape index (κ2) is 11.7. The summed E-state index contributed by atoms with van der Waals surface area (Å²) in [4.78, 5) is 22.0. The van der Waals surface area contributed by atoms with Crippen molar-refractivity contribution in [1.82, 2.24) is 10.6 Å². The number of benzene rings is 1. The Labute approximate surface area is 139 Å². The Morgan fingerprint density at radius 3 is 2.04 bits per heavy atom. The summed E-state index contributed by atoms with van der Waals surface area (Å²) in [5.74, 6) is 0.259. The molecule has 0 aliphatic rings. The van der Waals surface area contributed by atoms with Crippen molar-refractivity contribution in [2.75, 3.05) is 39.5 Å². The van der Waals surface area contributed by atoms with E-state index in [9.17, 15) is 9.59 Å². The number of carboxylic acid groups (broad SMARTS) is 1. The predicted octanol–water partition coefficient (Wildman–Crippen LogP) is 1.46. The van der Waals surface area contributed by atoms with Crippen LogP contribution in [0.2, 0.25) is 0 Å². The molecule has 0 fully saturated rings. The molecule has 0 aromatic heterocycles. The van der Waals surface area contributed by atoms with Crippen LogP contribution in [-0.2, 0) is 15.4 Å². The zero-order chi connectivity index (χ0) is 16.9. The van der Waals surface area contributed by atoms with Gasteiger partial charge in [0.05, 0.1) is 26.4 Å². The Hall–Kier alpha value is -1.83. The van der Waals surface area contributed by atoms with Crippen LogP contribution in [0, 0.1) is 0 Å². The lowest BCUT2D eigenvalue weighted by atomic mass is 10.1. The third-order valence-corrected chi connectivity index (χ3v) is 3.11. The predicted molar refractivity (Wildman–Crippen MR) is 86.0 cm³/mol. The Balaban J connectivity index is 1.99. The fourth-order valence-corrected chi connectivity index (χ4v) is 1.81. The van der Waals surface area contributed by atoms with Gasteiger partial charge < -0.3 is 25.2 Å². The van der Waals surface area contributed by atoms with Crippen LogP contribution >= 0.6 is 11.6 Å². The zero-order valence-electron chi connectivity index (χ0n) is 12.7. The number of halogens is 1. The molecule has 7 nitrogen and oxygen atoms in total. The first-order chi connectivity index (χ1) is 11.1. The van der Waals surface area contributed by atoms with Crippen LogP contribution in [0.4, 0.5) is 4.79 Å². The van der Waals surface area contributed by atoms with Crippen LogP contribution in [0.25, 0.3) is 0 Å². The highest BCUT2D eigenvalue weighted by molar-refractivity contribution is 6.17. The molecule has 0 radical (unpaired) electrons. The fraction of sp³-hybridized carbons (Fsp3) is 0.467. The molecule has 0 saturated carbocycles. The molecule has 0 unspecified atom stereocenters. The molecule has 0 aliphatic carbocycles. The van der Waals surface area contributed by atoms with Gasteiger partial charge in [-0.15, -0.1) is 11.6 Å². The van der Waals surface area contributed by atoms with E-state index < -0.39 is 6.09 Å². The Bertz CT molecular complexity index is 481. The van der Waals surface area contributed by atoms with Gasteiger partial charge in [0.1, 0.15) is 0 Å². The summed E-state index contributed by atoms with van der Waals surface area (Å²) in [6, 6.07) is 7.09. The maximum absolute atomic E-state index is 11.8. The first kappa shape index (κ1) is 19.2. The summed E-state index contributed by atoms with van der Waals surface area (Å²) in [5, 5.41) is 13.3. The first-order valence-corrected chi connectivity index (χ1v) is 7.72. The molecule has 8 heteroatoms. The number of rotatable bonds is 11. The largest absolute Gasteiger partial charge is 0.465 e. The van der Waals surface area contributed by atoms with E-state index in [1.165, 1.54) is 0 Å². The zero-order valence-corrected chi connectivity index (χ0v) is 13.5. The average Bonchev–Trinajstić information content (AvgIpc) is 2.56. The molecule has 0 saturated heterocycles. The van der Waals surface area contributed by atoms with Crippen molar-refractivity contribution in [2.24, 2.45) is 0 Å². The molecular formula is C15H21ClN2O5. The third-order valence-electron chi connectivity index (χ3n) is 2.80. The molecule has 3 N–H and O–H groups in total. The molecule has 1 rings (SSSR count). The molecular weight excluding hydrogens is 324 g/mol. The topological polar surface area (TPSA) is 96.9 Å². The normalized spacial score (nSPS) is 10.3. The summed E-state index contributed by atoms with van der Waals surface area (Å²) in [7, 11) is 0. The average molecular weight is 345 g/mol. The van der Waals surface area contributed by atoms with Crippen molar-refractivity contribution in [3.05, 3.63) is 35.4 Å². The lowest BCUT2D eigenvalue weighted by molar-refractivity contribution is 0.0493. The van der Waals surface area contributed by atoms with Gasteiger partial charge in [-0.25, -0.2) is 4.79 Å². The van der Waals surface area contributed by atoms with Gasteiger partial charge in [-0.3, -0.25) is 4.79 Å². The number of alkyl halides is 1. The molecule has 0 spiro atoms. The Morgan fingerprint density at radius 2 is 1.52 bits per heavy atom. The highest BCUT2D eigenvalue weighted by atomic mass is 35.5. The minimum Gasteiger partial charge on any atom is -0.465 e. The van der Waals surface area contributed by atoms with E-state index in [1.54, 1.807) is 12.1 Å². The molecule has 2 amide bonds. The lowest BCUT2D eigenvalue weighted by Gasteiger charge is -2.07. The number of hydrogen-bond donors (Lipinski definition) is 3. The summed E-state index contributed by atoms with van der Waals surface area (Å²) < 4.78 is 10.4. The highest BCUT2D eigenvalue weighted by Crippen LogP contribution is 2.06. The SMILES string of the molecule is O=C(O)NCCOCCOCCNC(=O)c1ccc(CCl)cc1. The second-order valence-corrected chi connectivity index (χ2v) is 4.81. The summed E-state index contributed by atoms with van der Waals surface area (Å²) in [6.07, 6.45) is -1.07. The van der Waals surface area contributed by atoms with Gasteiger partial charge in [-0.05, 0) is 17.7 Å². The van der Waals surface area contributed by atoms with Crippen LogP contribution in [0.5, 0.6) is 0 Å². The van der Waals surface area contributed by atoms with Gasteiger partial charge in [-0.1, -0.05) is 12.1 Å². The number of carbonyl (C=O) groups is 2. The van der Waals surface area contributed by atoms with Crippen LogP contribution < -0.4 is 10.6 Å². The van der Waals surface area contributed by atoms with Crippen molar-refractivity contribution in [2.45, 2.75) is 5.88 Å². The standard InChI is InChI=1S/C15H21ClN2O5/c16-11-12-1-3-13(4-2-12)14(19)17-5-7-22-9-10-23-8-6-18-15(20)21/h1-4,18H,5-11H2,(H,17,19)(H,20,21).